The third-order valence-electron chi connectivity index (χ3n) is 3.12. The first-order valence-electron chi connectivity index (χ1n) is 6.18. The summed E-state index contributed by atoms with van der Waals surface area (Å²) in [6.07, 6.45) is 0. The highest BCUT2D eigenvalue weighted by molar-refractivity contribution is 6.34. The second kappa shape index (κ2) is 6.02. The van der Waals surface area contributed by atoms with E-state index in [0.29, 0.717) is 5.69 Å². The molecule has 2 rings (SSSR count). The molecule has 1 N–H and O–H groups in total. The summed E-state index contributed by atoms with van der Waals surface area (Å²) in [4.78, 5) is 22.4. The number of halogens is 1. The van der Waals surface area contributed by atoms with E-state index in [4.69, 9.17) is 16.3 Å². The first kappa shape index (κ1) is 15.8. The predicted octanol–water partition coefficient (Wildman–Crippen LogP) is 2.55. The van der Waals surface area contributed by atoms with Gasteiger partial charge in [-0.2, -0.15) is 5.10 Å². The van der Waals surface area contributed by atoms with Gasteiger partial charge >= 0.3 is 0 Å². The normalized spacial score (nSPS) is 10.4. The molecule has 0 atom stereocenters. The van der Waals surface area contributed by atoms with Crippen molar-refractivity contribution < 1.29 is 14.5 Å². The van der Waals surface area contributed by atoms with Gasteiger partial charge in [0.15, 0.2) is 5.69 Å². The fourth-order valence-electron chi connectivity index (χ4n) is 1.81. The van der Waals surface area contributed by atoms with Gasteiger partial charge in [0, 0.05) is 13.1 Å². The van der Waals surface area contributed by atoms with Gasteiger partial charge < -0.3 is 10.1 Å². The molecule has 116 valence electrons. The molecule has 0 spiro atoms. The van der Waals surface area contributed by atoms with E-state index in [1.54, 1.807) is 14.0 Å². The summed E-state index contributed by atoms with van der Waals surface area (Å²) in [7, 11) is 3.02. The van der Waals surface area contributed by atoms with E-state index < -0.39 is 10.8 Å². The van der Waals surface area contributed by atoms with Crippen molar-refractivity contribution in [2.24, 2.45) is 7.05 Å². The number of aromatic nitrogens is 2. The summed E-state index contributed by atoms with van der Waals surface area (Å²) in [6.45, 7) is 1.73. The Bertz CT molecular complexity index is 757. The Balaban J connectivity index is 2.32. The second-order valence-corrected chi connectivity index (χ2v) is 4.85. The van der Waals surface area contributed by atoms with E-state index in [2.05, 4.69) is 10.4 Å². The molecule has 1 heterocycles. The van der Waals surface area contributed by atoms with Crippen LogP contribution in [0.3, 0.4) is 0 Å². The molecule has 0 saturated carbocycles. The van der Waals surface area contributed by atoms with E-state index >= 15 is 0 Å². The van der Waals surface area contributed by atoms with Crippen molar-refractivity contribution in [1.82, 2.24) is 9.78 Å². The number of aryl methyl sites for hydroxylation is 1. The van der Waals surface area contributed by atoms with Crippen molar-refractivity contribution in [2.45, 2.75) is 6.92 Å². The zero-order valence-corrected chi connectivity index (χ0v) is 12.8. The Morgan fingerprint density at radius 3 is 2.68 bits per heavy atom. The highest BCUT2D eigenvalue weighted by Crippen LogP contribution is 2.30. The van der Waals surface area contributed by atoms with Crippen LogP contribution < -0.4 is 10.1 Å². The fourth-order valence-corrected chi connectivity index (χ4v) is 2.05. The van der Waals surface area contributed by atoms with Gasteiger partial charge in [-0.25, -0.2) is 0 Å². The van der Waals surface area contributed by atoms with Crippen molar-refractivity contribution in [3.05, 3.63) is 44.7 Å². The number of nitrogens with one attached hydrogen (secondary N) is 1. The Kier molecular flexibility index (Phi) is 4.32. The van der Waals surface area contributed by atoms with Gasteiger partial charge in [0.05, 0.1) is 34.5 Å². The molecule has 0 aliphatic heterocycles. The number of hydrogen-bond acceptors (Lipinski definition) is 5. The van der Waals surface area contributed by atoms with Crippen LogP contribution in [-0.4, -0.2) is 27.7 Å². The van der Waals surface area contributed by atoms with Crippen LogP contribution in [0.1, 0.15) is 16.2 Å². The lowest BCUT2D eigenvalue weighted by atomic mass is 10.2. The molecule has 22 heavy (non-hydrogen) atoms. The Morgan fingerprint density at radius 2 is 2.18 bits per heavy atom. The van der Waals surface area contributed by atoms with Gasteiger partial charge in [0.2, 0.25) is 0 Å². The molecule has 0 bridgehead atoms. The van der Waals surface area contributed by atoms with Gasteiger partial charge in [0.25, 0.3) is 11.6 Å². The lowest BCUT2D eigenvalue weighted by molar-refractivity contribution is -0.384. The molecule has 0 aliphatic carbocycles. The summed E-state index contributed by atoms with van der Waals surface area (Å²) >= 11 is 6.05. The van der Waals surface area contributed by atoms with Gasteiger partial charge in [-0.3, -0.25) is 19.6 Å². The SMILES string of the molecule is COc1cc([N+](=O)[O-])ccc1NC(=O)c1nn(C)c(C)c1Cl. The van der Waals surface area contributed by atoms with Crippen LogP contribution in [0.4, 0.5) is 11.4 Å². The summed E-state index contributed by atoms with van der Waals surface area (Å²) in [5.74, 6) is -0.354. The summed E-state index contributed by atoms with van der Waals surface area (Å²) in [5, 5.41) is 17.6. The molecule has 1 aromatic carbocycles. The van der Waals surface area contributed by atoms with Crippen LogP contribution >= 0.6 is 11.6 Å². The molecule has 0 aliphatic rings. The van der Waals surface area contributed by atoms with Gasteiger partial charge in [-0.15, -0.1) is 0 Å². The smallest absolute Gasteiger partial charge is 0.277 e. The first-order chi connectivity index (χ1) is 10.3. The van der Waals surface area contributed by atoms with E-state index in [1.165, 1.54) is 30.0 Å². The predicted molar refractivity (Wildman–Crippen MR) is 80.6 cm³/mol. The zero-order chi connectivity index (χ0) is 16.4. The molecule has 1 amide bonds. The number of non-ortho nitro benzene ring substituents is 1. The van der Waals surface area contributed by atoms with Crippen molar-refractivity contribution in [2.75, 3.05) is 12.4 Å². The molecule has 0 saturated heterocycles. The van der Waals surface area contributed by atoms with E-state index in [0.717, 1.165) is 0 Å². The van der Waals surface area contributed by atoms with Crippen LogP contribution in [0.25, 0.3) is 0 Å². The molecule has 2 aromatic rings. The number of anilines is 1. The minimum Gasteiger partial charge on any atom is -0.494 e. The Labute approximate surface area is 130 Å². The number of methoxy groups -OCH3 is 1. The van der Waals surface area contributed by atoms with E-state index in [9.17, 15) is 14.9 Å². The largest absolute Gasteiger partial charge is 0.494 e. The summed E-state index contributed by atoms with van der Waals surface area (Å²) in [6, 6.07) is 3.88. The van der Waals surface area contributed by atoms with E-state index in [1.807, 2.05) is 0 Å². The maximum absolute atomic E-state index is 12.2. The average molecular weight is 325 g/mol. The van der Waals surface area contributed by atoms with Crippen LogP contribution in [-0.2, 0) is 7.05 Å². The molecule has 0 radical (unpaired) electrons. The van der Waals surface area contributed by atoms with Crippen molar-refractivity contribution in [1.29, 1.82) is 0 Å². The highest BCUT2D eigenvalue weighted by Gasteiger charge is 2.20. The molecular formula is C13H13ClN4O4. The maximum Gasteiger partial charge on any atom is 0.277 e. The van der Waals surface area contributed by atoms with Crippen molar-refractivity contribution in [3.63, 3.8) is 0 Å². The first-order valence-corrected chi connectivity index (χ1v) is 6.55. The highest BCUT2D eigenvalue weighted by atomic mass is 35.5. The minimum absolute atomic E-state index is 0.0714. The standard InChI is InChI=1S/C13H13ClN4O4/c1-7-11(14)12(16-17(7)2)13(19)15-9-5-4-8(18(20)21)6-10(9)22-3/h4-6H,1-3H3,(H,15,19). The molecular weight excluding hydrogens is 312 g/mol. The minimum atomic E-state index is -0.549. The lowest BCUT2D eigenvalue weighted by Gasteiger charge is -2.09. The van der Waals surface area contributed by atoms with Crippen LogP contribution in [0.2, 0.25) is 5.02 Å². The number of carbonyl (C=O) groups excluding carboxylic acids is 1. The third-order valence-corrected chi connectivity index (χ3v) is 3.57. The molecule has 0 unspecified atom stereocenters. The monoisotopic (exact) mass is 324 g/mol. The summed E-state index contributed by atoms with van der Waals surface area (Å²) < 4.78 is 6.54. The van der Waals surface area contributed by atoms with Crippen molar-refractivity contribution >= 4 is 28.9 Å². The number of benzene rings is 1. The van der Waals surface area contributed by atoms with Crippen molar-refractivity contribution in [3.8, 4) is 5.75 Å². The number of rotatable bonds is 4. The number of nitro groups is 1. The quantitative estimate of drug-likeness (QED) is 0.688. The van der Waals surface area contributed by atoms with E-state index in [-0.39, 0.29) is 27.8 Å². The van der Waals surface area contributed by atoms with Crippen LogP contribution in [0, 0.1) is 17.0 Å². The Morgan fingerprint density at radius 1 is 1.50 bits per heavy atom. The second-order valence-electron chi connectivity index (χ2n) is 4.47. The number of nitrogens with zero attached hydrogens (tertiary/aromatic N) is 3. The number of ether oxygens (including phenoxy) is 1. The maximum atomic E-state index is 12.2. The number of amides is 1. The average Bonchev–Trinajstić information content (AvgIpc) is 2.75. The molecule has 1 aromatic heterocycles. The topological polar surface area (TPSA) is 99.3 Å². The Hall–Kier alpha value is -2.61. The molecule has 9 heteroatoms. The molecule has 8 nitrogen and oxygen atoms in total. The van der Waals surface area contributed by atoms with Gasteiger partial charge in [0.1, 0.15) is 5.75 Å². The zero-order valence-electron chi connectivity index (χ0n) is 12.1. The number of nitro benzene ring substituents is 1. The van der Waals surface area contributed by atoms with Gasteiger partial charge in [-0.1, -0.05) is 11.6 Å². The van der Waals surface area contributed by atoms with Gasteiger partial charge in [-0.05, 0) is 13.0 Å². The number of hydrogen-bond donors (Lipinski definition) is 1. The third kappa shape index (κ3) is 2.86. The van der Waals surface area contributed by atoms with Crippen LogP contribution in [0.5, 0.6) is 5.75 Å². The molecule has 0 fully saturated rings. The number of carbonyl (C=O) groups is 1. The summed E-state index contributed by atoms with van der Waals surface area (Å²) in [5.41, 5.74) is 0.878. The fraction of sp³-hybridized carbons (Fsp3) is 0.231. The lowest BCUT2D eigenvalue weighted by Crippen LogP contribution is -2.14. The van der Waals surface area contributed by atoms with Crippen LogP contribution in [0.15, 0.2) is 18.2 Å².